The summed E-state index contributed by atoms with van der Waals surface area (Å²) in [5.41, 5.74) is 3.94. The second kappa shape index (κ2) is 10.1. The van der Waals surface area contributed by atoms with Crippen LogP contribution in [0, 0.1) is 0 Å². The molecule has 0 unspecified atom stereocenters. The maximum Gasteiger partial charge on any atom is 0.251 e. The van der Waals surface area contributed by atoms with Gasteiger partial charge in [0.25, 0.3) is 5.91 Å². The van der Waals surface area contributed by atoms with E-state index in [2.05, 4.69) is 10.3 Å². The van der Waals surface area contributed by atoms with Gasteiger partial charge in [-0.3, -0.25) is 9.78 Å². The largest absolute Gasteiger partial charge is 0.486 e. The summed E-state index contributed by atoms with van der Waals surface area (Å²) in [4.78, 5) is 22.2. The molecule has 4 aromatic rings. The van der Waals surface area contributed by atoms with Crippen LogP contribution < -0.4 is 10.1 Å². The van der Waals surface area contributed by atoms with E-state index in [9.17, 15) is 13.2 Å². The van der Waals surface area contributed by atoms with Crippen molar-refractivity contribution in [3.05, 3.63) is 83.7 Å². The number of hydrogen-bond donors (Lipinski definition) is 1. The number of carbonyl (C=O) groups is 1. The second-order valence-corrected chi connectivity index (χ2v) is 11.3. The number of fused-ring (bicyclic) bond motifs is 2. The quantitative estimate of drug-likeness (QED) is 0.403. The summed E-state index contributed by atoms with van der Waals surface area (Å²) in [6.45, 7) is 1.72. The molecule has 194 valence electrons. The Bertz CT molecular complexity index is 1640. The van der Waals surface area contributed by atoms with Gasteiger partial charge in [-0.1, -0.05) is 18.2 Å². The van der Waals surface area contributed by atoms with Gasteiger partial charge in [0.1, 0.15) is 11.9 Å². The van der Waals surface area contributed by atoms with Crippen molar-refractivity contribution in [1.29, 1.82) is 0 Å². The fraction of sp³-hybridized carbons (Fsp3) is 0.250. The second-order valence-electron chi connectivity index (χ2n) is 9.25. The smallest absolute Gasteiger partial charge is 0.251 e. The fourth-order valence-corrected chi connectivity index (χ4v) is 5.75. The van der Waals surface area contributed by atoms with Gasteiger partial charge in [-0.05, 0) is 48.0 Å². The Balaban J connectivity index is 1.19. The zero-order valence-corrected chi connectivity index (χ0v) is 21.2. The molecule has 0 saturated carbocycles. The van der Waals surface area contributed by atoms with Crippen LogP contribution in [0.2, 0.25) is 0 Å². The molecule has 0 aliphatic carbocycles. The van der Waals surface area contributed by atoms with Crippen LogP contribution in [-0.2, 0) is 32.5 Å². The van der Waals surface area contributed by atoms with E-state index in [0.717, 1.165) is 27.9 Å². The van der Waals surface area contributed by atoms with Gasteiger partial charge < -0.3 is 19.5 Å². The number of hydrogen-bond acceptors (Lipinski definition) is 8. The van der Waals surface area contributed by atoms with Crippen molar-refractivity contribution in [1.82, 2.24) is 15.3 Å². The average Bonchev–Trinajstić information content (AvgIpc) is 3.06. The summed E-state index contributed by atoms with van der Waals surface area (Å²) in [6, 6.07) is 18.2. The highest BCUT2D eigenvalue weighted by molar-refractivity contribution is 7.91. The van der Waals surface area contributed by atoms with Crippen LogP contribution in [-0.4, -0.2) is 56.0 Å². The first kappa shape index (κ1) is 24.5. The zero-order valence-electron chi connectivity index (χ0n) is 20.4. The van der Waals surface area contributed by atoms with Gasteiger partial charge in [0, 0.05) is 22.7 Å². The van der Waals surface area contributed by atoms with Crippen molar-refractivity contribution in [2.45, 2.75) is 24.2 Å². The summed E-state index contributed by atoms with van der Waals surface area (Å²) in [5.74, 6) is 0.285. The summed E-state index contributed by atoms with van der Waals surface area (Å²) in [7, 11) is -3.50. The molecular formula is C28H25N3O6S. The standard InChI is InChI=1S/C28H25N3O6S/c32-28(19-4-5-21-15-35-8-9-38(33,34)27(21)11-19)30-14-22-12-26-20(13-29-22)6-7-25(31-26)18-2-1-3-23(10-18)37-24-16-36-17-24/h1-7,10-13,24H,8-9,14-17H2,(H,30,32). The third kappa shape index (κ3) is 5.10. The molecule has 0 spiro atoms. The molecule has 10 heteroatoms. The van der Waals surface area contributed by atoms with Gasteiger partial charge in [0.2, 0.25) is 0 Å². The number of nitrogens with one attached hydrogen (secondary N) is 1. The molecule has 0 bridgehead atoms. The molecule has 2 aliphatic rings. The average molecular weight is 532 g/mol. The van der Waals surface area contributed by atoms with E-state index in [0.29, 0.717) is 24.5 Å². The summed E-state index contributed by atoms with van der Waals surface area (Å²) in [5, 5.41) is 3.71. The first-order chi connectivity index (χ1) is 18.4. The maximum atomic E-state index is 12.8. The summed E-state index contributed by atoms with van der Waals surface area (Å²) >= 11 is 0. The van der Waals surface area contributed by atoms with Crippen LogP contribution >= 0.6 is 0 Å². The van der Waals surface area contributed by atoms with Crippen LogP contribution in [0.4, 0.5) is 0 Å². The van der Waals surface area contributed by atoms with Gasteiger partial charge >= 0.3 is 0 Å². The number of sulfone groups is 1. The minimum absolute atomic E-state index is 0.0860. The van der Waals surface area contributed by atoms with E-state index in [-0.39, 0.29) is 48.0 Å². The number of aromatic nitrogens is 2. The van der Waals surface area contributed by atoms with Gasteiger partial charge in [0.15, 0.2) is 9.84 Å². The molecule has 6 rings (SSSR count). The lowest BCUT2D eigenvalue weighted by molar-refractivity contribution is -0.0796. The Kier molecular flexibility index (Phi) is 6.52. The van der Waals surface area contributed by atoms with Crippen molar-refractivity contribution in [3.8, 4) is 17.0 Å². The Morgan fingerprint density at radius 1 is 1.05 bits per heavy atom. The molecule has 2 aliphatic heterocycles. The van der Waals surface area contributed by atoms with Gasteiger partial charge in [-0.2, -0.15) is 0 Å². The van der Waals surface area contributed by atoms with E-state index in [1.807, 2.05) is 42.5 Å². The number of carbonyl (C=O) groups excluding carboxylic acids is 1. The highest BCUT2D eigenvalue weighted by Crippen LogP contribution is 2.26. The van der Waals surface area contributed by atoms with Crippen molar-refractivity contribution < 1.29 is 27.4 Å². The molecule has 4 heterocycles. The minimum Gasteiger partial charge on any atom is -0.486 e. The molecule has 9 nitrogen and oxygen atoms in total. The van der Waals surface area contributed by atoms with Gasteiger partial charge in [0.05, 0.1) is 60.5 Å². The molecule has 1 fully saturated rings. The van der Waals surface area contributed by atoms with Crippen molar-refractivity contribution in [2.24, 2.45) is 0 Å². The van der Waals surface area contributed by atoms with E-state index in [4.69, 9.17) is 19.2 Å². The lowest BCUT2D eigenvalue weighted by Gasteiger charge is -2.26. The number of rotatable bonds is 6. The first-order valence-corrected chi connectivity index (χ1v) is 13.9. The van der Waals surface area contributed by atoms with Crippen molar-refractivity contribution in [3.63, 3.8) is 0 Å². The van der Waals surface area contributed by atoms with E-state index < -0.39 is 9.84 Å². The highest BCUT2D eigenvalue weighted by atomic mass is 32.2. The van der Waals surface area contributed by atoms with E-state index in [1.54, 1.807) is 18.3 Å². The van der Waals surface area contributed by atoms with Crippen LogP contribution in [0.3, 0.4) is 0 Å². The molecule has 1 N–H and O–H groups in total. The van der Waals surface area contributed by atoms with Gasteiger partial charge in [-0.15, -0.1) is 0 Å². The minimum atomic E-state index is -3.50. The SMILES string of the molecule is O=C(NCc1cc2nc(-c3cccc(OC4COC4)c3)ccc2cn1)c1ccc2c(c1)S(=O)(=O)CCOC2. The third-order valence-corrected chi connectivity index (χ3v) is 8.27. The Morgan fingerprint density at radius 2 is 1.95 bits per heavy atom. The molecular weight excluding hydrogens is 506 g/mol. The van der Waals surface area contributed by atoms with Crippen LogP contribution in [0.15, 0.2) is 71.8 Å². The monoisotopic (exact) mass is 531 g/mol. The lowest BCUT2D eigenvalue weighted by Crippen LogP contribution is -2.38. The predicted octanol–water partition coefficient (Wildman–Crippen LogP) is 3.31. The number of nitrogens with zero attached hydrogens (tertiary/aromatic N) is 2. The molecule has 0 radical (unpaired) electrons. The molecule has 1 saturated heterocycles. The van der Waals surface area contributed by atoms with E-state index >= 15 is 0 Å². The van der Waals surface area contributed by atoms with Crippen molar-refractivity contribution in [2.75, 3.05) is 25.6 Å². The summed E-state index contributed by atoms with van der Waals surface area (Å²) in [6.07, 6.45) is 1.81. The fourth-order valence-electron chi connectivity index (χ4n) is 4.36. The number of amides is 1. The van der Waals surface area contributed by atoms with Crippen LogP contribution in [0.5, 0.6) is 5.75 Å². The predicted molar refractivity (Wildman–Crippen MR) is 140 cm³/mol. The number of ether oxygens (including phenoxy) is 3. The molecule has 2 aromatic heterocycles. The molecule has 38 heavy (non-hydrogen) atoms. The topological polar surface area (TPSA) is 117 Å². The maximum absolute atomic E-state index is 12.8. The van der Waals surface area contributed by atoms with Crippen LogP contribution in [0.25, 0.3) is 22.2 Å². The van der Waals surface area contributed by atoms with Crippen molar-refractivity contribution >= 4 is 26.6 Å². The lowest BCUT2D eigenvalue weighted by atomic mass is 10.1. The Morgan fingerprint density at radius 3 is 2.79 bits per heavy atom. The number of benzene rings is 2. The zero-order chi connectivity index (χ0) is 26.1. The molecule has 1 amide bonds. The third-order valence-electron chi connectivity index (χ3n) is 6.52. The summed E-state index contributed by atoms with van der Waals surface area (Å²) < 4.78 is 41.5. The van der Waals surface area contributed by atoms with Crippen LogP contribution in [0.1, 0.15) is 21.6 Å². The van der Waals surface area contributed by atoms with E-state index in [1.165, 1.54) is 6.07 Å². The molecule has 2 aromatic carbocycles. The number of pyridine rings is 2. The van der Waals surface area contributed by atoms with Gasteiger partial charge in [-0.25, -0.2) is 13.4 Å². The first-order valence-electron chi connectivity index (χ1n) is 12.3. The highest BCUT2D eigenvalue weighted by Gasteiger charge is 2.24. The Labute approximate surface area is 219 Å². The Hall–Kier alpha value is -3.86. The molecule has 0 atom stereocenters. The normalized spacial score (nSPS) is 16.7.